The second kappa shape index (κ2) is 6.62. The Bertz CT molecular complexity index is 1270. The van der Waals surface area contributed by atoms with Gasteiger partial charge in [0.1, 0.15) is 11.6 Å². The number of imidazole rings is 1. The van der Waals surface area contributed by atoms with E-state index < -0.39 is 0 Å². The predicted octanol–water partition coefficient (Wildman–Crippen LogP) is 5.21. The molecule has 136 valence electrons. The summed E-state index contributed by atoms with van der Waals surface area (Å²) in [6.07, 6.45) is 5.56. The molecule has 0 N–H and O–H groups in total. The first kappa shape index (κ1) is 16.7. The number of benzene rings is 2. The Kier molecular flexibility index (Phi) is 3.95. The zero-order valence-electron chi connectivity index (χ0n) is 15.1. The molecule has 0 aliphatic carbocycles. The summed E-state index contributed by atoms with van der Waals surface area (Å²) in [6, 6.07) is 19.9. The van der Waals surface area contributed by atoms with Crippen LogP contribution in [0, 0.1) is 6.92 Å². The molecule has 3 heterocycles. The molecule has 3 aromatic heterocycles. The van der Waals surface area contributed by atoms with Gasteiger partial charge in [-0.2, -0.15) is 9.61 Å². The Morgan fingerprint density at radius 2 is 1.71 bits per heavy atom. The molecule has 5 aromatic rings. The average Bonchev–Trinajstić information content (AvgIpc) is 3.35. The van der Waals surface area contributed by atoms with E-state index in [1.807, 2.05) is 76.9 Å². The number of aryl methyl sites for hydroxylation is 1. The minimum atomic E-state index is 0.702. The van der Waals surface area contributed by atoms with E-state index >= 15 is 0 Å². The Morgan fingerprint density at radius 3 is 2.43 bits per heavy atom. The standard InChI is InChI=1S/C22H16ClN5/c1-15-24-11-12-27(15)21-13-20(17-5-3-2-4-6-17)26-22-19(14-25-28(21)22)16-7-9-18(23)10-8-16/h2-14H,1H3. The van der Waals surface area contributed by atoms with Crippen LogP contribution in [0.2, 0.25) is 5.02 Å². The first-order chi connectivity index (χ1) is 13.7. The van der Waals surface area contributed by atoms with Gasteiger partial charge in [-0.05, 0) is 24.6 Å². The summed E-state index contributed by atoms with van der Waals surface area (Å²) in [7, 11) is 0. The van der Waals surface area contributed by atoms with Crippen molar-refractivity contribution in [1.82, 2.24) is 24.1 Å². The minimum absolute atomic E-state index is 0.702. The first-order valence-corrected chi connectivity index (χ1v) is 9.29. The molecule has 0 radical (unpaired) electrons. The van der Waals surface area contributed by atoms with E-state index in [1.165, 1.54) is 0 Å². The number of hydrogen-bond acceptors (Lipinski definition) is 3. The number of halogens is 1. The van der Waals surface area contributed by atoms with Crippen molar-refractivity contribution in [2.24, 2.45) is 0 Å². The van der Waals surface area contributed by atoms with Crippen LogP contribution in [0.3, 0.4) is 0 Å². The molecule has 5 nitrogen and oxygen atoms in total. The number of nitrogens with zero attached hydrogens (tertiary/aromatic N) is 5. The largest absolute Gasteiger partial charge is 0.288 e. The molecule has 5 rings (SSSR count). The smallest absolute Gasteiger partial charge is 0.165 e. The van der Waals surface area contributed by atoms with Gasteiger partial charge < -0.3 is 0 Å². The molecule has 28 heavy (non-hydrogen) atoms. The summed E-state index contributed by atoms with van der Waals surface area (Å²) < 4.78 is 3.87. The highest BCUT2D eigenvalue weighted by Gasteiger charge is 2.16. The topological polar surface area (TPSA) is 48.0 Å². The first-order valence-electron chi connectivity index (χ1n) is 8.91. The van der Waals surface area contributed by atoms with Crippen molar-refractivity contribution in [2.75, 3.05) is 0 Å². The monoisotopic (exact) mass is 385 g/mol. The second-order valence-corrected chi connectivity index (χ2v) is 6.95. The molecule has 0 amide bonds. The van der Waals surface area contributed by atoms with Crippen LogP contribution < -0.4 is 0 Å². The minimum Gasteiger partial charge on any atom is -0.288 e. The number of fused-ring (bicyclic) bond motifs is 1. The third-order valence-electron chi connectivity index (χ3n) is 4.75. The van der Waals surface area contributed by atoms with Crippen LogP contribution in [-0.4, -0.2) is 24.1 Å². The van der Waals surface area contributed by atoms with Crippen LogP contribution in [0.5, 0.6) is 0 Å². The van der Waals surface area contributed by atoms with E-state index in [0.29, 0.717) is 5.02 Å². The van der Waals surface area contributed by atoms with Crippen LogP contribution in [0.25, 0.3) is 33.8 Å². The zero-order valence-corrected chi connectivity index (χ0v) is 15.9. The van der Waals surface area contributed by atoms with Gasteiger partial charge >= 0.3 is 0 Å². The van der Waals surface area contributed by atoms with E-state index in [-0.39, 0.29) is 0 Å². The van der Waals surface area contributed by atoms with E-state index in [2.05, 4.69) is 22.2 Å². The van der Waals surface area contributed by atoms with Gasteiger partial charge in [-0.25, -0.2) is 9.97 Å². The molecule has 0 saturated carbocycles. The Labute approximate surface area is 166 Å². The van der Waals surface area contributed by atoms with Gasteiger partial charge in [0.15, 0.2) is 5.65 Å². The van der Waals surface area contributed by atoms with Gasteiger partial charge in [-0.3, -0.25) is 4.57 Å². The molecule has 2 aromatic carbocycles. The summed E-state index contributed by atoms with van der Waals surface area (Å²) in [4.78, 5) is 9.30. The molecule has 0 saturated heterocycles. The molecular weight excluding hydrogens is 370 g/mol. The molecule has 0 aliphatic rings. The van der Waals surface area contributed by atoms with Gasteiger partial charge in [0, 0.05) is 34.6 Å². The predicted molar refractivity (Wildman–Crippen MR) is 111 cm³/mol. The van der Waals surface area contributed by atoms with E-state index in [1.54, 1.807) is 6.20 Å². The maximum atomic E-state index is 6.06. The zero-order chi connectivity index (χ0) is 19.1. The summed E-state index contributed by atoms with van der Waals surface area (Å²) in [5.74, 6) is 1.77. The van der Waals surface area contributed by atoms with Crippen molar-refractivity contribution < 1.29 is 0 Å². The van der Waals surface area contributed by atoms with Gasteiger partial charge in [0.05, 0.1) is 11.9 Å². The lowest BCUT2D eigenvalue weighted by Gasteiger charge is -2.11. The average molecular weight is 386 g/mol. The normalized spacial score (nSPS) is 11.2. The lowest BCUT2D eigenvalue weighted by Crippen LogP contribution is -2.06. The van der Waals surface area contributed by atoms with Crippen LogP contribution in [0.1, 0.15) is 5.82 Å². The van der Waals surface area contributed by atoms with Crippen molar-refractivity contribution in [3.63, 3.8) is 0 Å². The molecule has 0 spiro atoms. The van der Waals surface area contributed by atoms with Crippen LogP contribution >= 0.6 is 11.6 Å². The summed E-state index contributed by atoms with van der Waals surface area (Å²) in [5.41, 5.74) is 4.69. The fraction of sp³-hybridized carbons (Fsp3) is 0.0455. The fourth-order valence-corrected chi connectivity index (χ4v) is 3.45. The molecule has 0 atom stereocenters. The summed E-state index contributed by atoms with van der Waals surface area (Å²) >= 11 is 6.06. The third-order valence-corrected chi connectivity index (χ3v) is 5.00. The quantitative estimate of drug-likeness (QED) is 0.428. The Morgan fingerprint density at radius 1 is 0.929 bits per heavy atom. The Hall–Kier alpha value is -3.44. The summed E-state index contributed by atoms with van der Waals surface area (Å²) in [6.45, 7) is 1.97. The molecular formula is C22H16ClN5. The second-order valence-electron chi connectivity index (χ2n) is 6.51. The van der Waals surface area contributed by atoms with Crippen molar-refractivity contribution in [3.8, 4) is 28.2 Å². The van der Waals surface area contributed by atoms with Crippen molar-refractivity contribution in [2.45, 2.75) is 6.92 Å². The van der Waals surface area contributed by atoms with Crippen LogP contribution in [-0.2, 0) is 0 Å². The van der Waals surface area contributed by atoms with E-state index in [4.69, 9.17) is 16.6 Å². The highest BCUT2D eigenvalue weighted by atomic mass is 35.5. The number of aromatic nitrogens is 5. The van der Waals surface area contributed by atoms with Crippen LogP contribution in [0.15, 0.2) is 79.3 Å². The molecule has 0 unspecified atom stereocenters. The highest BCUT2D eigenvalue weighted by molar-refractivity contribution is 6.30. The van der Waals surface area contributed by atoms with Gasteiger partial charge in [-0.1, -0.05) is 54.1 Å². The maximum Gasteiger partial charge on any atom is 0.165 e. The third kappa shape index (κ3) is 2.77. The molecule has 6 heteroatoms. The molecule has 0 fully saturated rings. The van der Waals surface area contributed by atoms with E-state index in [9.17, 15) is 0 Å². The maximum absolute atomic E-state index is 6.06. The van der Waals surface area contributed by atoms with E-state index in [0.717, 1.165) is 39.7 Å². The van der Waals surface area contributed by atoms with Crippen LogP contribution in [0.4, 0.5) is 0 Å². The fourth-order valence-electron chi connectivity index (χ4n) is 3.33. The van der Waals surface area contributed by atoms with Crippen molar-refractivity contribution >= 4 is 17.2 Å². The number of rotatable bonds is 3. The van der Waals surface area contributed by atoms with Gasteiger partial charge in [0.25, 0.3) is 0 Å². The lowest BCUT2D eigenvalue weighted by atomic mass is 10.1. The van der Waals surface area contributed by atoms with Gasteiger partial charge in [-0.15, -0.1) is 0 Å². The highest BCUT2D eigenvalue weighted by Crippen LogP contribution is 2.29. The molecule has 0 aliphatic heterocycles. The van der Waals surface area contributed by atoms with Crippen molar-refractivity contribution in [3.05, 3.63) is 90.1 Å². The lowest BCUT2D eigenvalue weighted by molar-refractivity contribution is 0.834. The number of hydrogen-bond donors (Lipinski definition) is 0. The van der Waals surface area contributed by atoms with Crippen molar-refractivity contribution in [1.29, 1.82) is 0 Å². The molecule has 0 bridgehead atoms. The SMILES string of the molecule is Cc1nccn1-c1cc(-c2ccccc2)nc2c(-c3ccc(Cl)cc3)cnn12. The van der Waals surface area contributed by atoms with Gasteiger partial charge in [0.2, 0.25) is 0 Å². The summed E-state index contributed by atoms with van der Waals surface area (Å²) in [5, 5.41) is 5.32. The Balaban J connectivity index is 1.81.